The molecule has 7 nitrogen and oxygen atoms in total. The fraction of sp³-hybridized carbons (Fsp3) is 0.188. The predicted octanol–water partition coefficient (Wildman–Crippen LogP) is 2.04. The summed E-state index contributed by atoms with van der Waals surface area (Å²) in [5, 5.41) is 23.0. The van der Waals surface area contributed by atoms with Crippen LogP contribution in [0.5, 0.6) is 0 Å². The van der Waals surface area contributed by atoms with Crippen molar-refractivity contribution < 1.29 is 18.7 Å². The minimum absolute atomic E-state index is 0.123. The molecule has 2 aromatic heterocycles. The van der Waals surface area contributed by atoms with Gasteiger partial charge in [-0.2, -0.15) is 0 Å². The van der Waals surface area contributed by atoms with Crippen LogP contribution in [0, 0.1) is 11.6 Å². The number of urea groups is 1. The number of nitrogens with one attached hydrogen (secondary N) is 2. The molecule has 9 heteroatoms. The molecule has 3 aromatic rings. The van der Waals surface area contributed by atoms with Gasteiger partial charge in [-0.1, -0.05) is 12.1 Å². The maximum atomic E-state index is 13.8. The van der Waals surface area contributed by atoms with E-state index in [9.17, 15) is 18.7 Å². The summed E-state index contributed by atoms with van der Waals surface area (Å²) in [4.78, 5) is 12.0. The maximum absolute atomic E-state index is 13.8. The van der Waals surface area contributed by atoms with Gasteiger partial charge in [0.15, 0.2) is 5.65 Å². The van der Waals surface area contributed by atoms with Gasteiger partial charge in [0.1, 0.15) is 17.2 Å². The van der Waals surface area contributed by atoms with Crippen LogP contribution in [0.2, 0.25) is 0 Å². The molecule has 2 heterocycles. The first kappa shape index (κ1) is 16.8. The minimum Gasteiger partial charge on any atom is -0.383 e. The molecular formula is C16H15F2N5O2. The third-order valence-corrected chi connectivity index (χ3v) is 3.64. The number of hydrogen-bond acceptors (Lipinski definition) is 4. The molecule has 130 valence electrons. The molecule has 0 saturated carbocycles. The number of fused-ring (bicyclic) bond motifs is 1. The second-order valence-electron chi connectivity index (χ2n) is 5.66. The van der Waals surface area contributed by atoms with Crippen molar-refractivity contribution in [2.24, 2.45) is 0 Å². The van der Waals surface area contributed by atoms with Crippen LogP contribution in [0.15, 0.2) is 42.6 Å². The van der Waals surface area contributed by atoms with Crippen LogP contribution in [0.1, 0.15) is 12.5 Å². The van der Waals surface area contributed by atoms with Crippen LogP contribution in [0.25, 0.3) is 5.65 Å². The van der Waals surface area contributed by atoms with Gasteiger partial charge in [-0.15, -0.1) is 10.2 Å². The molecule has 0 aliphatic heterocycles. The van der Waals surface area contributed by atoms with E-state index in [2.05, 4.69) is 20.8 Å². The number of anilines is 1. The van der Waals surface area contributed by atoms with E-state index in [1.54, 1.807) is 28.8 Å². The Morgan fingerprint density at radius 2 is 2.08 bits per heavy atom. The minimum atomic E-state index is -1.72. The average molecular weight is 347 g/mol. The van der Waals surface area contributed by atoms with Crippen molar-refractivity contribution in [3.63, 3.8) is 0 Å². The second-order valence-corrected chi connectivity index (χ2v) is 5.66. The summed E-state index contributed by atoms with van der Waals surface area (Å²) in [5.74, 6) is -1.45. The van der Waals surface area contributed by atoms with Gasteiger partial charge in [0.25, 0.3) is 0 Å². The lowest BCUT2D eigenvalue weighted by atomic mass is 9.95. The third kappa shape index (κ3) is 3.56. The zero-order valence-electron chi connectivity index (χ0n) is 13.2. The first-order valence-corrected chi connectivity index (χ1v) is 7.39. The van der Waals surface area contributed by atoms with Gasteiger partial charge in [0, 0.05) is 17.8 Å². The van der Waals surface area contributed by atoms with Crippen LogP contribution in [0.3, 0.4) is 0 Å². The molecule has 0 aliphatic rings. The van der Waals surface area contributed by atoms with Gasteiger partial charge in [0.05, 0.1) is 6.54 Å². The summed E-state index contributed by atoms with van der Waals surface area (Å²) in [7, 11) is 0. The largest absolute Gasteiger partial charge is 0.383 e. The van der Waals surface area contributed by atoms with Crippen molar-refractivity contribution in [2.75, 3.05) is 11.9 Å². The molecule has 0 fully saturated rings. The summed E-state index contributed by atoms with van der Waals surface area (Å²) in [6.07, 6.45) is 1.68. The molecule has 3 rings (SSSR count). The van der Waals surface area contributed by atoms with Crippen LogP contribution in [0.4, 0.5) is 19.5 Å². The molecule has 0 radical (unpaired) electrons. The van der Waals surface area contributed by atoms with Crippen LogP contribution >= 0.6 is 0 Å². The van der Waals surface area contributed by atoms with E-state index < -0.39 is 23.3 Å². The molecule has 1 atom stereocenters. The molecule has 3 N–H and O–H groups in total. The van der Waals surface area contributed by atoms with E-state index >= 15 is 0 Å². The fourth-order valence-electron chi connectivity index (χ4n) is 2.35. The van der Waals surface area contributed by atoms with Gasteiger partial charge >= 0.3 is 6.03 Å². The fourth-order valence-corrected chi connectivity index (χ4v) is 2.35. The Kier molecular flexibility index (Phi) is 4.32. The quantitative estimate of drug-likeness (QED) is 0.673. The number of rotatable bonds is 4. The summed E-state index contributed by atoms with van der Waals surface area (Å²) in [5.41, 5.74) is -1.29. The number of halogens is 2. The highest BCUT2D eigenvalue weighted by Crippen LogP contribution is 2.23. The van der Waals surface area contributed by atoms with Crippen molar-refractivity contribution in [3.05, 3.63) is 59.8 Å². The number of hydrogen-bond donors (Lipinski definition) is 3. The van der Waals surface area contributed by atoms with Gasteiger partial charge in [0.2, 0.25) is 5.95 Å². The lowest BCUT2D eigenvalue weighted by molar-refractivity contribution is 0.0561. The maximum Gasteiger partial charge on any atom is 0.321 e. The van der Waals surface area contributed by atoms with Crippen molar-refractivity contribution in [1.82, 2.24) is 19.9 Å². The Morgan fingerprint density at radius 3 is 2.84 bits per heavy atom. The molecule has 2 amide bonds. The molecule has 1 unspecified atom stereocenters. The highest BCUT2D eigenvalue weighted by atomic mass is 19.1. The van der Waals surface area contributed by atoms with E-state index in [1.165, 1.54) is 6.92 Å². The molecule has 0 saturated heterocycles. The Labute approximate surface area is 141 Å². The number of aromatic nitrogens is 3. The van der Waals surface area contributed by atoms with E-state index in [0.29, 0.717) is 11.7 Å². The van der Waals surface area contributed by atoms with Crippen LogP contribution < -0.4 is 10.6 Å². The number of pyridine rings is 1. The van der Waals surface area contributed by atoms with Crippen molar-refractivity contribution >= 4 is 17.6 Å². The Balaban J connectivity index is 1.67. The number of amides is 2. The van der Waals surface area contributed by atoms with Crippen molar-refractivity contribution in [3.8, 4) is 0 Å². The highest BCUT2D eigenvalue weighted by Gasteiger charge is 2.27. The van der Waals surface area contributed by atoms with Gasteiger partial charge in [-0.25, -0.2) is 13.6 Å². The Hall–Kier alpha value is -3.07. The zero-order chi connectivity index (χ0) is 18.0. The zero-order valence-corrected chi connectivity index (χ0v) is 13.2. The monoisotopic (exact) mass is 347 g/mol. The molecule has 0 aliphatic carbocycles. The van der Waals surface area contributed by atoms with Crippen molar-refractivity contribution in [1.29, 1.82) is 0 Å². The van der Waals surface area contributed by atoms with Gasteiger partial charge < -0.3 is 10.4 Å². The number of nitrogens with zero attached hydrogens (tertiary/aromatic N) is 3. The van der Waals surface area contributed by atoms with Gasteiger partial charge in [-0.05, 0) is 25.1 Å². The van der Waals surface area contributed by atoms with Crippen LogP contribution in [-0.2, 0) is 5.60 Å². The summed E-state index contributed by atoms with van der Waals surface area (Å²) in [6.45, 7) is 1.02. The lowest BCUT2D eigenvalue weighted by Gasteiger charge is -2.24. The number of aliphatic hydroxyl groups is 1. The average Bonchev–Trinajstić information content (AvgIpc) is 2.96. The third-order valence-electron chi connectivity index (χ3n) is 3.64. The lowest BCUT2D eigenvalue weighted by Crippen LogP contribution is -2.41. The van der Waals surface area contributed by atoms with Crippen molar-refractivity contribution in [2.45, 2.75) is 12.5 Å². The first-order chi connectivity index (χ1) is 11.9. The Morgan fingerprint density at radius 1 is 1.28 bits per heavy atom. The number of carbonyl (C=O) groups excluding carboxylic acids is 1. The van der Waals surface area contributed by atoms with Crippen LogP contribution in [-0.4, -0.2) is 32.3 Å². The smallest absolute Gasteiger partial charge is 0.321 e. The van der Waals surface area contributed by atoms with E-state index in [4.69, 9.17) is 0 Å². The predicted molar refractivity (Wildman–Crippen MR) is 85.9 cm³/mol. The summed E-state index contributed by atoms with van der Waals surface area (Å²) in [6, 6.07) is 7.45. The molecule has 25 heavy (non-hydrogen) atoms. The number of benzene rings is 1. The Bertz CT molecular complexity index is 926. The van der Waals surface area contributed by atoms with E-state index in [-0.39, 0.29) is 18.1 Å². The first-order valence-electron chi connectivity index (χ1n) is 7.39. The van der Waals surface area contributed by atoms with E-state index in [0.717, 1.165) is 12.1 Å². The highest BCUT2D eigenvalue weighted by molar-refractivity contribution is 5.87. The second kappa shape index (κ2) is 6.44. The molecule has 0 spiro atoms. The summed E-state index contributed by atoms with van der Waals surface area (Å²) >= 11 is 0. The van der Waals surface area contributed by atoms with Gasteiger partial charge in [-0.3, -0.25) is 9.72 Å². The molecular weight excluding hydrogens is 332 g/mol. The molecule has 1 aromatic carbocycles. The summed E-state index contributed by atoms with van der Waals surface area (Å²) < 4.78 is 28.3. The normalized spacial score (nSPS) is 13.4. The SMILES string of the molecule is CC(O)(CNC(=O)Nc1nnc2ccccn12)c1ccc(F)cc1F. The number of carbonyl (C=O) groups is 1. The standard InChI is InChI=1S/C16H15F2N5O2/c1-16(25,11-6-5-10(17)8-12(11)18)9-19-15(24)20-14-22-21-13-4-2-3-7-23(13)14/h2-8,25H,9H2,1H3,(H2,19,20,22,24). The molecule has 0 bridgehead atoms. The topological polar surface area (TPSA) is 91.5 Å². The van der Waals surface area contributed by atoms with E-state index in [1.807, 2.05) is 0 Å².